The highest BCUT2D eigenvalue weighted by atomic mass is 16.5. The molecule has 1 saturated heterocycles. The van der Waals surface area contributed by atoms with Crippen molar-refractivity contribution in [2.45, 2.75) is 63.9 Å². The quantitative estimate of drug-likeness (QED) is 0.592. The molecule has 2 heterocycles. The van der Waals surface area contributed by atoms with Crippen molar-refractivity contribution in [1.29, 1.82) is 0 Å². The monoisotopic (exact) mass is 370 g/mol. The van der Waals surface area contributed by atoms with E-state index >= 15 is 0 Å². The number of rotatable bonds is 7. The van der Waals surface area contributed by atoms with Gasteiger partial charge in [0.25, 0.3) is 0 Å². The van der Waals surface area contributed by atoms with E-state index in [0.29, 0.717) is 19.4 Å². The predicted octanol–water partition coefficient (Wildman–Crippen LogP) is 3.07. The number of carbonyl (C=O) groups excluding carboxylic acids is 2. The number of unbranched alkanes of at least 4 members (excludes halogenated alkanes) is 1. The number of para-hydroxylation sites is 1. The maximum atomic E-state index is 12.4. The first kappa shape index (κ1) is 18.5. The molecule has 1 saturated carbocycles. The topological polar surface area (TPSA) is 58.6 Å². The molecule has 1 unspecified atom stereocenters. The molecule has 1 N–H and O–H groups in total. The number of amides is 2. The molecule has 1 aromatic carbocycles. The zero-order valence-electron chi connectivity index (χ0n) is 16.0. The van der Waals surface area contributed by atoms with Crippen LogP contribution in [-0.4, -0.2) is 42.5 Å². The lowest BCUT2D eigenvalue weighted by atomic mass is 9.76. The van der Waals surface area contributed by atoms with Crippen LogP contribution in [0, 0.1) is 5.41 Å². The summed E-state index contributed by atoms with van der Waals surface area (Å²) in [6.07, 6.45) is 8.59. The molecule has 2 aliphatic heterocycles. The SMILES string of the molecule is O=C1CC2(CCCC2)CC(=O)N1CCCCNCC1Cc2ccccc2O1. The van der Waals surface area contributed by atoms with Crippen molar-refractivity contribution in [1.82, 2.24) is 10.2 Å². The second-order valence-corrected chi connectivity index (χ2v) is 8.46. The van der Waals surface area contributed by atoms with Crippen molar-refractivity contribution in [3.8, 4) is 5.75 Å². The Morgan fingerprint density at radius 3 is 2.56 bits per heavy atom. The number of likely N-dealkylation sites (tertiary alicyclic amines) is 1. The van der Waals surface area contributed by atoms with Gasteiger partial charge in [0, 0.05) is 32.4 Å². The number of benzene rings is 1. The number of nitrogens with zero attached hydrogens (tertiary/aromatic N) is 1. The van der Waals surface area contributed by atoms with Gasteiger partial charge in [-0.1, -0.05) is 31.0 Å². The van der Waals surface area contributed by atoms with Crippen LogP contribution in [0.4, 0.5) is 0 Å². The molecule has 3 aliphatic rings. The summed E-state index contributed by atoms with van der Waals surface area (Å²) in [6, 6.07) is 8.21. The van der Waals surface area contributed by atoms with E-state index in [1.165, 1.54) is 23.3 Å². The number of hydrogen-bond acceptors (Lipinski definition) is 4. The van der Waals surface area contributed by atoms with Crippen molar-refractivity contribution in [2.75, 3.05) is 19.6 Å². The molecule has 2 amide bonds. The van der Waals surface area contributed by atoms with Crippen LogP contribution >= 0.6 is 0 Å². The number of fused-ring (bicyclic) bond motifs is 1. The molecule has 27 heavy (non-hydrogen) atoms. The molecule has 2 fully saturated rings. The third-order valence-electron chi connectivity index (χ3n) is 6.39. The minimum absolute atomic E-state index is 0.00504. The predicted molar refractivity (Wildman–Crippen MR) is 104 cm³/mol. The molecule has 5 heteroatoms. The molecule has 0 aromatic heterocycles. The van der Waals surface area contributed by atoms with Crippen LogP contribution in [0.15, 0.2) is 24.3 Å². The van der Waals surface area contributed by atoms with Gasteiger partial charge in [0.05, 0.1) is 0 Å². The van der Waals surface area contributed by atoms with E-state index in [0.717, 1.165) is 50.9 Å². The van der Waals surface area contributed by atoms with E-state index in [1.54, 1.807) is 0 Å². The Morgan fingerprint density at radius 2 is 1.81 bits per heavy atom. The first-order valence-corrected chi connectivity index (χ1v) is 10.4. The Hall–Kier alpha value is -1.88. The van der Waals surface area contributed by atoms with E-state index in [4.69, 9.17) is 4.74 Å². The van der Waals surface area contributed by atoms with Gasteiger partial charge in [-0.15, -0.1) is 0 Å². The van der Waals surface area contributed by atoms with Crippen molar-refractivity contribution >= 4 is 11.8 Å². The van der Waals surface area contributed by atoms with Crippen LogP contribution in [0.25, 0.3) is 0 Å². The molecule has 1 spiro atoms. The molecule has 0 radical (unpaired) electrons. The average molecular weight is 370 g/mol. The summed E-state index contributed by atoms with van der Waals surface area (Å²) in [6.45, 7) is 2.29. The van der Waals surface area contributed by atoms with Crippen LogP contribution in [0.3, 0.4) is 0 Å². The summed E-state index contributed by atoms with van der Waals surface area (Å²) in [5, 5.41) is 3.45. The lowest BCUT2D eigenvalue weighted by Gasteiger charge is -2.37. The standard InChI is InChI=1S/C22H30N2O3/c25-20-14-22(9-3-4-10-22)15-21(26)24(20)12-6-5-11-23-16-18-13-17-7-1-2-8-19(17)27-18/h1-2,7-8,18,23H,3-6,9-16H2. The zero-order valence-corrected chi connectivity index (χ0v) is 16.0. The van der Waals surface area contributed by atoms with Crippen molar-refractivity contribution in [3.63, 3.8) is 0 Å². The highest BCUT2D eigenvalue weighted by molar-refractivity contribution is 5.98. The molecule has 1 atom stereocenters. The molecule has 5 nitrogen and oxygen atoms in total. The van der Waals surface area contributed by atoms with E-state index in [-0.39, 0.29) is 23.3 Å². The Bertz CT molecular complexity index is 652. The molecule has 0 bridgehead atoms. The summed E-state index contributed by atoms with van der Waals surface area (Å²) in [5.41, 5.74) is 1.29. The number of piperidine rings is 1. The minimum Gasteiger partial charge on any atom is -0.488 e. The normalized spacial score (nSPS) is 23.7. The van der Waals surface area contributed by atoms with Gasteiger partial charge < -0.3 is 10.1 Å². The second-order valence-electron chi connectivity index (χ2n) is 8.46. The highest BCUT2D eigenvalue weighted by Crippen LogP contribution is 2.46. The van der Waals surface area contributed by atoms with Gasteiger partial charge in [0.2, 0.25) is 11.8 Å². The molecule has 146 valence electrons. The van der Waals surface area contributed by atoms with E-state index in [2.05, 4.69) is 17.4 Å². The van der Waals surface area contributed by atoms with Gasteiger partial charge in [-0.25, -0.2) is 0 Å². The van der Waals surface area contributed by atoms with Crippen LogP contribution in [0.5, 0.6) is 5.75 Å². The van der Waals surface area contributed by atoms with E-state index in [1.807, 2.05) is 12.1 Å². The third-order valence-corrected chi connectivity index (χ3v) is 6.39. The highest BCUT2D eigenvalue weighted by Gasteiger charge is 2.44. The van der Waals surface area contributed by atoms with Gasteiger partial charge in [-0.3, -0.25) is 14.5 Å². The maximum absolute atomic E-state index is 12.4. The summed E-state index contributed by atoms with van der Waals surface area (Å²) >= 11 is 0. The molecule has 1 aliphatic carbocycles. The summed E-state index contributed by atoms with van der Waals surface area (Å²) in [7, 11) is 0. The largest absolute Gasteiger partial charge is 0.488 e. The van der Waals surface area contributed by atoms with E-state index < -0.39 is 0 Å². The fourth-order valence-electron chi connectivity index (χ4n) is 4.91. The molecule has 1 aromatic rings. The van der Waals surface area contributed by atoms with Gasteiger partial charge in [-0.2, -0.15) is 0 Å². The van der Waals surface area contributed by atoms with Crippen molar-refractivity contribution in [2.24, 2.45) is 5.41 Å². The molecular weight excluding hydrogens is 340 g/mol. The second kappa shape index (κ2) is 8.01. The van der Waals surface area contributed by atoms with Crippen LogP contribution < -0.4 is 10.1 Å². The fourth-order valence-corrected chi connectivity index (χ4v) is 4.91. The lowest BCUT2D eigenvalue weighted by Crippen LogP contribution is -2.47. The Balaban J connectivity index is 1.12. The smallest absolute Gasteiger partial charge is 0.229 e. The van der Waals surface area contributed by atoms with Crippen molar-refractivity contribution in [3.05, 3.63) is 29.8 Å². The maximum Gasteiger partial charge on any atom is 0.229 e. The molecular formula is C22H30N2O3. The van der Waals surface area contributed by atoms with Gasteiger partial charge in [0.15, 0.2) is 0 Å². The van der Waals surface area contributed by atoms with Crippen LogP contribution in [-0.2, 0) is 16.0 Å². The summed E-state index contributed by atoms with van der Waals surface area (Å²) in [5.74, 6) is 1.11. The summed E-state index contributed by atoms with van der Waals surface area (Å²) < 4.78 is 5.92. The number of ether oxygens (including phenoxy) is 1. The van der Waals surface area contributed by atoms with Crippen LogP contribution in [0.2, 0.25) is 0 Å². The number of carbonyl (C=O) groups is 2. The first-order valence-electron chi connectivity index (χ1n) is 10.4. The third kappa shape index (κ3) is 4.18. The Labute approximate surface area is 161 Å². The number of nitrogens with one attached hydrogen (secondary N) is 1. The number of imide groups is 1. The minimum atomic E-state index is 0.00504. The first-order chi connectivity index (χ1) is 13.2. The Morgan fingerprint density at radius 1 is 1.07 bits per heavy atom. The number of hydrogen-bond donors (Lipinski definition) is 1. The molecule has 4 rings (SSSR count). The average Bonchev–Trinajstić information content (AvgIpc) is 3.26. The summed E-state index contributed by atoms with van der Waals surface area (Å²) in [4.78, 5) is 26.4. The van der Waals surface area contributed by atoms with Gasteiger partial charge in [-0.05, 0) is 49.3 Å². The lowest BCUT2D eigenvalue weighted by molar-refractivity contribution is -0.153. The zero-order chi connectivity index (χ0) is 18.7. The van der Waals surface area contributed by atoms with E-state index in [9.17, 15) is 9.59 Å². The van der Waals surface area contributed by atoms with Crippen molar-refractivity contribution < 1.29 is 14.3 Å². The fraction of sp³-hybridized carbons (Fsp3) is 0.636. The van der Waals surface area contributed by atoms with Gasteiger partial charge >= 0.3 is 0 Å². The Kier molecular flexibility index (Phi) is 5.48. The van der Waals surface area contributed by atoms with Gasteiger partial charge in [0.1, 0.15) is 11.9 Å². The van der Waals surface area contributed by atoms with Crippen LogP contribution in [0.1, 0.15) is 56.9 Å².